The van der Waals surface area contributed by atoms with Crippen molar-refractivity contribution < 1.29 is 9.84 Å². The average Bonchev–Trinajstić information content (AvgIpc) is 2.06. The number of nitrogens with two attached hydrogens (primary N) is 1. The van der Waals surface area contributed by atoms with Gasteiger partial charge in [-0.15, -0.1) is 0 Å². The molecule has 1 aliphatic heterocycles. The molecule has 0 radical (unpaired) electrons. The molecule has 12 heavy (non-hydrogen) atoms. The van der Waals surface area contributed by atoms with Crippen molar-refractivity contribution in [3.63, 3.8) is 0 Å². The van der Waals surface area contributed by atoms with Crippen LogP contribution in [-0.4, -0.2) is 30.0 Å². The molecule has 0 aliphatic carbocycles. The van der Waals surface area contributed by atoms with Crippen LogP contribution in [0.4, 0.5) is 0 Å². The minimum Gasteiger partial charge on any atom is -0.387 e. The van der Waals surface area contributed by atoms with E-state index in [1.807, 2.05) is 6.92 Å². The van der Waals surface area contributed by atoms with Gasteiger partial charge in [0.1, 0.15) is 0 Å². The molecule has 0 bridgehead atoms. The van der Waals surface area contributed by atoms with E-state index in [0.29, 0.717) is 13.0 Å². The van der Waals surface area contributed by atoms with Crippen molar-refractivity contribution in [2.24, 2.45) is 5.73 Å². The van der Waals surface area contributed by atoms with Gasteiger partial charge in [-0.1, -0.05) is 0 Å². The molecule has 1 fully saturated rings. The number of ether oxygens (including phenoxy) is 1. The van der Waals surface area contributed by atoms with Crippen LogP contribution in [0.25, 0.3) is 0 Å². The fraction of sp³-hybridized carbons (Fsp3) is 1.00. The van der Waals surface area contributed by atoms with Crippen LogP contribution in [0.5, 0.6) is 0 Å². The van der Waals surface area contributed by atoms with E-state index in [1.165, 1.54) is 0 Å². The third-order valence-corrected chi connectivity index (χ3v) is 2.52. The lowest BCUT2D eigenvalue weighted by atomic mass is 9.90. The lowest BCUT2D eigenvalue weighted by molar-refractivity contribution is -0.119. The van der Waals surface area contributed by atoms with Crippen LogP contribution in [0.2, 0.25) is 0 Å². The Morgan fingerprint density at radius 1 is 1.58 bits per heavy atom. The Labute approximate surface area is 73.9 Å². The first-order valence-corrected chi connectivity index (χ1v) is 4.71. The summed E-state index contributed by atoms with van der Waals surface area (Å²) < 4.78 is 5.49. The van der Waals surface area contributed by atoms with Crippen LogP contribution in [0.15, 0.2) is 0 Å². The van der Waals surface area contributed by atoms with E-state index in [-0.39, 0.29) is 6.10 Å². The molecule has 0 aromatic heterocycles. The summed E-state index contributed by atoms with van der Waals surface area (Å²) in [6, 6.07) is 0. The van der Waals surface area contributed by atoms with Crippen molar-refractivity contribution in [1.29, 1.82) is 0 Å². The Hall–Kier alpha value is -0.120. The Bertz CT molecular complexity index is 130. The van der Waals surface area contributed by atoms with Crippen molar-refractivity contribution in [3.8, 4) is 0 Å². The Kier molecular flexibility index (Phi) is 3.50. The molecule has 3 N–H and O–H groups in total. The van der Waals surface area contributed by atoms with Gasteiger partial charge in [0.05, 0.1) is 11.7 Å². The van der Waals surface area contributed by atoms with Crippen LogP contribution in [0.1, 0.15) is 32.6 Å². The average molecular weight is 173 g/mol. The monoisotopic (exact) mass is 173 g/mol. The molecule has 0 aromatic rings. The second-order valence-electron chi connectivity index (χ2n) is 3.75. The van der Waals surface area contributed by atoms with Gasteiger partial charge in [-0.2, -0.15) is 0 Å². The van der Waals surface area contributed by atoms with Crippen LogP contribution in [-0.2, 0) is 4.74 Å². The van der Waals surface area contributed by atoms with Crippen LogP contribution in [0, 0.1) is 0 Å². The number of aliphatic hydroxyl groups is 1. The normalized spacial score (nSPS) is 29.8. The fourth-order valence-corrected chi connectivity index (χ4v) is 1.68. The maximum absolute atomic E-state index is 9.93. The first kappa shape index (κ1) is 9.96. The van der Waals surface area contributed by atoms with Gasteiger partial charge in [0.25, 0.3) is 0 Å². The molecule has 0 amide bonds. The predicted molar refractivity (Wildman–Crippen MR) is 47.9 cm³/mol. The van der Waals surface area contributed by atoms with E-state index in [1.54, 1.807) is 0 Å². The highest BCUT2D eigenvalue weighted by Gasteiger charge is 2.32. The zero-order valence-corrected chi connectivity index (χ0v) is 7.75. The summed E-state index contributed by atoms with van der Waals surface area (Å²) in [5, 5.41) is 9.93. The maximum atomic E-state index is 9.93. The van der Waals surface area contributed by atoms with E-state index in [9.17, 15) is 5.11 Å². The third kappa shape index (κ3) is 2.44. The molecule has 0 saturated carbocycles. The molecule has 1 rings (SSSR count). The SMILES string of the molecule is CC(O)(CCN)C1CCCCO1. The second kappa shape index (κ2) is 4.21. The van der Waals surface area contributed by atoms with Crippen LogP contribution < -0.4 is 5.73 Å². The van der Waals surface area contributed by atoms with Gasteiger partial charge >= 0.3 is 0 Å². The molecule has 1 heterocycles. The van der Waals surface area contributed by atoms with Gasteiger partial charge < -0.3 is 15.6 Å². The molecule has 2 unspecified atom stereocenters. The lowest BCUT2D eigenvalue weighted by Crippen LogP contribution is -2.44. The minimum atomic E-state index is -0.727. The second-order valence-corrected chi connectivity index (χ2v) is 3.75. The zero-order valence-electron chi connectivity index (χ0n) is 7.75. The summed E-state index contributed by atoms with van der Waals surface area (Å²) in [6.45, 7) is 3.12. The molecular weight excluding hydrogens is 154 g/mol. The van der Waals surface area contributed by atoms with E-state index < -0.39 is 5.60 Å². The summed E-state index contributed by atoms with van der Waals surface area (Å²) in [4.78, 5) is 0. The summed E-state index contributed by atoms with van der Waals surface area (Å²) >= 11 is 0. The van der Waals surface area contributed by atoms with Gasteiger partial charge in [0.2, 0.25) is 0 Å². The van der Waals surface area contributed by atoms with Crippen molar-refractivity contribution in [3.05, 3.63) is 0 Å². The summed E-state index contributed by atoms with van der Waals surface area (Å²) in [6.07, 6.45) is 3.86. The van der Waals surface area contributed by atoms with E-state index >= 15 is 0 Å². The summed E-state index contributed by atoms with van der Waals surface area (Å²) in [5.41, 5.74) is 4.68. The molecule has 0 aromatic carbocycles. The minimum absolute atomic E-state index is 0.00481. The van der Waals surface area contributed by atoms with Gasteiger partial charge in [0.15, 0.2) is 0 Å². The molecule has 1 aliphatic rings. The largest absolute Gasteiger partial charge is 0.387 e. The van der Waals surface area contributed by atoms with Crippen molar-refractivity contribution in [2.45, 2.75) is 44.3 Å². The molecule has 0 spiro atoms. The van der Waals surface area contributed by atoms with Gasteiger partial charge in [-0.25, -0.2) is 0 Å². The third-order valence-electron chi connectivity index (χ3n) is 2.52. The smallest absolute Gasteiger partial charge is 0.0892 e. The maximum Gasteiger partial charge on any atom is 0.0892 e. The lowest BCUT2D eigenvalue weighted by Gasteiger charge is -2.35. The van der Waals surface area contributed by atoms with Gasteiger partial charge in [0, 0.05) is 6.61 Å². The van der Waals surface area contributed by atoms with E-state index in [0.717, 1.165) is 25.9 Å². The number of hydrogen-bond donors (Lipinski definition) is 2. The van der Waals surface area contributed by atoms with Crippen LogP contribution in [0.3, 0.4) is 0 Å². The predicted octanol–water partition coefficient (Wildman–Crippen LogP) is 0.655. The highest BCUT2D eigenvalue weighted by Crippen LogP contribution is 2.25. The Morgan fingerprint density at radius 3 is 2.83 bits per heavy atom. The Morgan fingerprint density at radius 2 is 2.33 bits per heavy atom. The molecule has 2 atom stereocenters. The van der Waals surface area contributed by atoms with Gasteiger partial charge in [-0.05, 0) is 39.2 Å². The zero-order chi connectivity index (χ0) is 9.03. The summed E-state index contributed by atoms with van der Waals surface area (Å²) in [5.74, 6) is 0. The van der Waals surface area contributed by atoms with Crippen molar-refractivity contribution >= 4 is 0 Å². The van der Waals surface area contributed by atoms with E-state index in [4.69, 9.17) is 10.5 Å². The first-order valence-electron chi connectivity index (χ1n) is 4.71. The molecular formula is C9H19NO2. The molecule has 3 nitrogen and oxygen atoms in total. The fourth-order valence-electron chi connectivity index (χ4n) is 1.68. The standard InChI is InChI=1S/C9H19NO2/c1-9(11,5-6-10)8-4-2-3-7-12-8/h8,11H,2-7,10H2,1H3. The van der Waals surface area contributed by atoms with Gasteiger partial charge in [-0.3, -0.25) is 0 Å². The van der Waals surface area contributed by atoms with Crippen molar-refractivity contribution in [2.75, 3.05) is 13.2 Å². The molecule has 1 saturated heterocycles. The Balaban J connectivity index is 2.41. The van der Waals surface area contributed by atoms with E-state index in [2.05, 4.69) is 0 Å². The highest BCUT2D eigenvalue weighted by atomic mass is 16.5. The number of hydrogen-bond acceptors (Lipinski definition) is 3. The van der Waals surface area contributed by atoms with Crippen LogP contribution >= 0.6 is 0 Å². The summed E-state index contributed by atoms with van der Waals surface area (Å²) in [7, 11) is 0. The van der Waals surface area contributed by atoms with Crippen molar-refractivity contribution in [1.82, 2.24) is 0 Å². The molecule has 3 heteroatoms. The first-order chi connectivity index (χ1) is 5.67. The quantitative estimate of drug-likeness (QED) is 0.659. The topological polar surface area (TPSA) is 55.5 Å². The highest BCUT2D eigenvalue weighted by molar-refractivity contribution is 4.84. The molecule has 72 valence electrons. The number of rotatable bonds is 3.